The number of nitrogens with zero attached hydrogens (tertiary/aromatic N) is 1. The van der Waals surface area contributed by atoms with Crippen molar-refractivity contribution in [1.29, 1.82) is 0 Å². The highest BCUT2D eigenvalue weighted by atomic mass is 16.5. The Labute approximate surface area is 108 Å². The van der Waals surface area contributed by atoms with E-state index >= 15 is 0 Å². The summed E-state index contributed by atoms with van der Waals surface area (Å²) < 4.78 is 5.59. The lowest BCUT2D eigenvalue weighted by molar-refractivity contribution is -0.129. The largest absolute Gasteiger partial charge is 0.493 e. The van der Waals surface area contributed by atoms with Gasteiger partial charge in [0.2, 0.25) is 5.91 Å². The van der Waals surface area contributed by atoms with Crippen molar-refractivity contribution < 1.29 is 9.53 Å². The maximum Gasteiger partial charge on any atom is 0.226 e. The van der Waals surface area contributed by atoms with Crippen molar-refractivity contribution in [3.05, 3.63) is 29.3 Å². The molecule has 1 amide bonds. The zero-order chi connectivity index (χ0) is 12.4. The maximum atomic E-state index is 12.1. The van der Waals surface area contributed by atoms with Gasteiger partial charge in [0, 0.05) is 13.1 Å². The highest BCUT2D eigenvalue weighted by molar-refractivity contribution is 5.79. The Balaban J connectivity index is 1.70. The molecule has 1 saturated heterocycles. The van der Waals surface area contributed by atoms with Gasteiger partial charge in [-0.1, -0.05) is 12.1 Å². The number of rotatable bonds is 2. The number of benzene rings is 1. The van der Waals surface area contributed by atoms with E-state index < -0.39 is 0 Å². The summed E-state index contributed by atoms with van der Waals surface area (Å²) in [5.74, 6) is 1.27. The van der Waals surface area contributed by atoms with Gasteiger partial charge in [-0.3, -0.25) is 4.79 Å². The number of amides is 1. The number of hydrogen-bond donors (Lipinski definition) is 0. The third-order valence-corrected chi connectivity index (χ3v) is 3.79. The van der Waals surface area contributed by atoms with Crippen LogP contribution < -0.4 is 4.74 Å². The average molecular weight is 245 g/mol. The van der Waals surface area contributed by atoms with Gasteiger partial charge in [0.15, 0.2) is 0 Å². The van der Waals surface area contributed by atoms with E-state index in [1.54, 1.807) is 0 Å². The summed E-state index contributed by atoms with van der Waals surface area (Å²) in [5, 5.41) is 0. The van der Waals surface area contributed by atoms with Crippen molar-refractivity contribution in [2.75, 3.05) is 19.7 Å². The molecule has 1 fully saturated rings. The fourth-order valence-electron chi connectivity index (χ4n) is 2.78. The van der Waals surface area contributed by atoms with E-state index in [9.17, 15) is 4.79 Å². The number of hydrogen-bond acceptors (Lipinski definition) is 2. The SMILES string of the molecule is O=C(Cc1ccc2c(c1)CCCO2)N1CCCC1. The van der Waals surface area contributed by atoms with Crippen LogP contribution in [0.1, 0.15) is 30.4 Å². The molecular formula is C15H19NO2. The number of aryl methyl sites for hydroxylation is 1. The first kappa shape index (κ1) is 11.6. The van der Waals surface area contributed by atoms with Gasteiger partial charge in [-0.05, 0) is 42.9 Å². The molecule has 2 aliphatic rings. The van der Waals surface area contributed by atoms with E-state index in [-0.39, 0.29) is 5.91 Å². The van der Waals surface area contributed by atoms with Gasteiger partial charge >= 0.3 is 0 Å². The minimum atomic E-state index is 0.268. The zero-order valence-electron chi connectivity index (χ0n) is 10.7. The molecule has 96 valence electrons. The second kappa shape index (κ2) is 5.01. The molecule has 0 N–H and O–H groups in total. The predicted molar refractivity (Wildman–Crippen MR) is 69.8 cm³/mol. The minimum absolute atomic E-state index is 0.268. The van der Waals surface area contributed by atoms with Gasteiger partial charge in [0.05, 0.1) is 13.0 Å². The molecule has 0 spiro atoms. The summed E-state index contributed by atoms with van der Waals surface area (Å²) in [5.41, 5.74) is 2.38. The van der Waals surface area contributed by atoms with E-state index in [2.05, 4.69) is 6.07 Å². The Bertz CT molecular complexity index is 450. The van der Waals surface area contributed by atoms with E-state index in [0.717, 1.165) is 56.7 Å². The van der Waals surface area contributed by atoms with Crippen LogP contribution in [0, 0.1) is 0 Å². The molecule has 0 bridgehead atoms. The Morgan fingerprint density at radius 2 is 2.06 bits per heavy atom. The lowest BCUT2D eigenvalue weighted by Crippen LogP contribution is -2.29. The lowest BCUT2D eigenvalue weighted by Gasteiger charge is -2.19. The average Bonchev–Trinajstić information content (AvgIpc) is 2.92. The molecule has 0 unspecified atom stereocenters. The number of likely N-dealkylation sites (tertiary alicyclic amines) is 1. The zero-order valence-corrected chi connectivity index (χ0v) is 10.7. The van der Waals surface area contributed by atoms with E-state index in [1.165, 1.54) is 5.56 Å². The van der Waals surface area contributed by atoms with Gasteiger partial charge in [-0.15, -0.1) is 0 Å². The molecule has 3 heteroatoms. The molecule has 3 nitrogen and oxygen atoms in total. The summed E-state index contributed by atoms with van der Waals surface area (Å²) in [6.45, 7) is 2.69. The van der Waals surface area contributed by atoms with Crippen LogP contribution in [-0.4, -0.2) is 30.5 Å². The Hall–Kier alpha value is -1.51. The minimum Gasteiger partial charge on any atom is -0.493 e. The molecule has 0 atom stereocenters. The monoisotopic (exact) mass is 245 g/mol. The Morgan fingerprint density at radius 1 is 1.22 bits per heavy atom. The first-order chi connectivity index (χ1) is 8.83. The van der Waals surface area contributed by atoms with Gasteiger partial charge in [0.25, 0.3) is 0 Å². The summed E-state index contributed by atoms with van der Waals surface area (Å²) >= 11 is 0. The van der Waals surface area contributed by atoms with Crippen LogP contribution in [0.15, 0.2) is 18.2 Å². The summed E-state index contributed by atoms with van der Waals surface area (Å²) in [6.07, 6.45) is 5.00. The van der Waals surface area contributed by atoms with Crippen LogP contribution in [0.4, 0.5) is 0 Å². The maximum absolute atomic E-state index is 12.1. The summed E-state index contributed by atoms with van der Waals surface area (Å²) in [6, 6.07) is 6.18. The van der Waals surface area contributed by atoms with Crippen LogP contribution in [0.3, 0.4) is 0 Å². The van der Waals surface area contributed by atoms with Crippen LogP contribution in [0.25, 0.3) is 0 Å². The molecule has 2 aliphatic heterocycles. The standard InChI is InChI=1S/C15H19NO2/c17-15(16-7-1-2-8-16)11-12-5-6-14-13(10-12)4-3-9-18-14/h5-6,10H,1-4,7-9,11H2. The second-order valence-electron chi connectivity index (χ2n) is 5.16. The van der Waals surface area contributed by atoms with Crippen LogP contribution >= 0.6 is 0 Å². The summed E-state index contributed by atoms with van der Waals surface area (Å²) in [7, 11) is 0. The Kier molecular flexibility index (Phi) is 3.22. The number of fused-ring (bicyclic) bond motifs is 1. The molecule has 0 saturated carbocycles. The molecule has 0 radical (unpaired) electrons. The normalized spacial score (nSPS) is 18.3. The molecule has 1 aromatic rings. The van der Waals surface area contributed by atoms with Gasteiger partial charge in [-0.2, -0.15) is 0 Å². The molecule has 18 heavy (non-hydrogen) atoms. The van der Waals surface area contributed by atoms with Crippen molar-refractivity contribution in [1.82, 2.24) is 4.90 Å². The van der Waals surface area contributed by atoms with E-state index in [1.807, 2.05) is 17.0 Å². The third kappa shape index (κ3) is 2.35. The lowest BCUT2D eigenvalue weighted by atomic mass is 10.0. The van der Waals surface area contributed by atoms with Gasteiger partial charge in [0.1, 0.15) is 5.75 Å². The van der Waals surface area contributed by atoms with Crippen LogP contribution in [-0.2, 0) is 17.6 Å². The quantitative estimate of drug-likeness (QED) is 0.799. The van der Waals surface area contributed by atoms with E-state index in [4.69, 9.17) is 4.74 Å². The topological polar surface area (TPSA) is 29.5 Å². The Morgan fingerprint density at radius 3 is 2.89 bits per heavy atom. The molecule has 0 aromatic heterocycles. The molecular weight excluding hydrogens is 226 g/mol. The molecule has 3 rings (SSSR count). The van der Waals surface area contributed by atoms with Crippen molar-refractivity contribution >= 4 is 5.91 Å². The van der Waals surface area contributed by atoms with Gasteiger partial charge in [-0.25, -0.2) is 0 Å². The van der Waals surface area contributed by atoms with Crippen molar-refractivity contribution in [3.63, 3.8) is 0 Å². The van der Waals surface area contributed by atoms with Crippen molar-refractivity contribution in [2.24, 2.45) is 0 Å². The van der Waals surface area contributed by atoms with Crippen LogP contribution in [0.5, 0.6) is 5.75 Å². The predicted octanol–water partition coefficient (Wildman–Crippen LogP) is 2.18. The van der Waals surface area contributed by atoms with Crippen molar-refractivity contribution in [2.45, 2.75) is 32.1 Å². The first-order valence-corrected chi connectivity index (χ1v) is 6.85. The van der Waals surface area contributed by atoms with Crippen molar-refractivity contribution in [3.8, 4) is 5.75 Å². The second-order valence-corrected chi connectivity index (χ2v) is 5.16. The molecule has 2 heterocycles. The highest BCUT2D eigenvalue weighted by Gasteiger charge is 2.18. The fourth-order valence-corrected chi connectivity index (χ4v) is 2.78. The van der Waals surface area contributed by atoms with Crippen LogP contribution in [0.2, 0.25) is 0 Å². The number of ether oxygens (including phenoxy) is 1. The summed E-state index contributed by atoms with van der Waals surface area (Å²) in [4.78, 5) is 14.1. The van der Waals surface area contributed by atoms with Gasteiger partial charge < -0.3 is 9.64 Å². The number of carbonyl (C=O) groups excluding carboxylic acids is 1. The molecule has 1 aromatic carbocycles. The highest BCUT2D eigenvalue weighted by Crippen LogP contribution is 2.26. The molecule has 0 aliphatic carbocycles. The first-order valence-electron chi connectivity index (χ1n) is 6.85. The van der Waals surface area contributed by atoms with E-state index in [0.29, 0.717) is 6.42 Å². The number of carbonyl (C=O) groups is 1. The fraction of sp³-hybridized carbons (Fsp3) is 0.533. The smallest absolute Gasteiger partial charge is 0.226 e. The third-order valence-electron chi connectivity index (χ3n) is 3.79.